The van der Waals surface area contributed by atoms with E-state index in [2.05, 4.69) is 10.1 Å². The zero-order valence-electron chi connectivity index (χ0n) is 9.96. The molecule has 6 heteroatoms. The Hall–Kier alpha value is -0.620. The summed E-state index contributed by atoms with van der Waals surface area (Å²) in [5.74, 6) is 0.108. The van der Waals surface area contributed by atoms with Crippen LogP contribution >= 0.6 is 24.0 Å². The Labute approximate surface area is 105 Å². The van der Waals surface area contributed by atoms with Gasteiger partial charge in [-0.25, -0.2) is 0 Å². The maximum absolute atomic E-state index is 11.5. The molecule has 0 fully saturated rings. The second kappa shape index (κ2) is 6.85. The number of nitrogens with one attached hydrogen (secondary N) is 1. The van der Waals surface area contributed by atoms with E-state index in [4.69, 9.17) is 12.2 Å². The van der Waals surface area contributed by atoms with Crippen LogP contribution in [0.25, 0.3) is 0 Å². The summed E-state index contributed by atoms with van der Waals surface area (Å²) in [7, 11) is 1.34. The van der Waals surface area contributed by atoms with E-state index in [0.29, 0.717) is 10.1 Å². The van der Waals surface area contributed by atoms with E-state index in [0.717, 1.165) is 0 Å². The number of thioether (sulfide) groups is 1. The van der Waals surface area contributed by atoms with Crippen molar-refractivity contribution < 1.29 is 14.3 Å². The average Bonchev–Trinajstić information content (AvgIpc) is 2.15. The molecule has 0 aromatic heterocycles. The van der Waals surface area contributed by atoms with Crippen molar-refractivity contribution in [2.75, 3.05) is 12.9 Å². The Morgan fingerprint density at radius 2 is 1.94 bits per heavy atom. The Morgan fingerprint density at radius 1 is 1.38 bits per heavy atom. The van der Waals surface area contributed by atoms with Gasteiger partial charge < -0.3 is 10.1 Å². The third-order valence-electron chi connectivity index (χ3n) is 1.66. The summed E-state index contributed by atoms with van der Waals surface area (Å²) in [6, 6.07) is 0. The fourth-order valence-electron chi connectivity index (χ4n) is 0.645. The first-order valence-corrected chi connectivity index (χ1v) is 6.21. The van der Waals surface area contributed by atoms with Crippen LogP contribution in [0.3, 0.4) is 0 Å². The first kappa shape index (κ1) is 15.4. The first-order valence-electron chi connectivity index (χ1n) is 4.82. The van der Waals surface area contributed by atoms with Crippen LogP contribution in [0.5, 0.6) is 0 Å². The zero-order chi connectivity index (χ0) is 12.8. The summed E-state index contributed by atoms with van der Waals surface area (Å²) in [6.07, 6.45) is 0.284. The van der Waals surface area contributed by atoms with Crippen molar-refractivity contribution in [2.45, 2.75) is 27.2 Å². The molecule has 0 aromatic rings. The van der Waals surface area contributed by atoms with Crippen LogP contribution in [0.15, 0.2) is 0 Å². The van der Waals surface area contributed by atoms with Gasteiger partial charge in [-0.05, 0) is 0 Å². The number of esters is 1. The summed E-state index contributed by atoms with van der Waals surface area (Å²) in [5.41, 5.74) is -0.465. The Balaban J connectivity index is 3.84. The topological polar surface area (TPSA) is 55.4 Å². The van der Waals surface area contributed by atoms with Gasteiger partial charge in [0.2, 0.25) is 5.91 Å². The molecule has 0 rings (SSSR count). The van der Waals surface area contributed by atoms with Gasteiger partial charge in [0.1, 0.15) is 4.32 Å². The molecule has 1 amide bonds. The van der Waals surface area contributed by atoms with Gasteiger partial charge in [-0.15, -0.1) is 0 Å². The van der Waals surface area contributed by atoms with Crippen molar-refractivity contribution in [3.8, 4) is 0 Å². The molecule has 0 radical (unpaired) electrons. The fourth-order valence-corrected chi connectivity index (χ4v) is 1.61. The number of thiocarbonyl (C=S) groups is 1. The molecule has 0 bridgehead atoms. The lowest BCUT2D eigenvalue weighted by atomic mass is 9.96. The van der Waals surface area contributed by atoms with Crippen LogP contribution in [0.4, 0.5) is 0 Å². The maximum Gasteiger partial charge on any atom is 0.306 e. The van der Waals surface area contributed by atoms with Crippen molar-refractivity contribution in [3.63, 3.8) is 0 Å². The summed E-state index contributed by atoms with van der Waals surface area (Å²) < 4.78 is 4.88. The predicted octanol–water partition coefficient (Wildman–Crippen LogP) is 1.73. The highest BCUT2D eigenvalue weighted by atomic mass is 32.2. The van der Waals surface area contributed by atoms with Crippen LogP contribution in [0.2, 0.25) is 0 Å². The number of amides is 1. The lowest BCUT2D eigenvalue weighted by Gasteiger charge is -2.17. The molecule has 0 aliphatic rings. The van der Waals surface area contributed by atoms with Crippen molar-refractivity contribution in [2.24, 2.45) is 5.41 Å². The molecule has 1 N–H and O–H groups in total. The molecule has 0 aliphatic heterocycles. The minimum Gasteiger partial charge on any atom is -0.469 e. The van der Waals surface area contributed by atoms with E-state index < -0.39 is 5.41 Å². The van der Waals surface area contributed by atoms with E-state index >= 15 is 0 Å². The molecule has 0 saturated carbocycles. The minimum atomic E-state index is -0.465. The molecule has 0 aliphatic carbocycles. The van der Waals surface area contributed by atoms with E-state index in [1.807, 2.05) is 20.8 Å². The molecule has 0 aromatic carbocycles. The van der Waals surface area contributed by atoms with Gasteiger partial charge >= 0.3 is 5.97 Å². The van der Waals surface area contributed by atoms with E-state index in [-0.39, 0.29) is 18.3 Å². The van der Waals surface area contributed by atoms with Crippen molar-refractivity contribution in [1.82, 2.24) is 5.32 Å². The van der Waals surface area contributed by atoms with Crippen molar-refractivity contribution in [1.29, 1.82) is 0 Å². The molecule has 0 saturated heterocycles. The third kappa shape index (κ3) is 6.79. The van der Waals surface area contributed by atoms with Gasteiger partial charge in [-0.3, -0.25) is 9.59 Å². The highest BCUT2D eigenvalue weighted by molar-refractivity contribution is 8.23. The number of carbonyl (C=O) groups excluding carboxylic acids is 2. The Bertz CT molecular complexity index is 284. The number of hydrogen-bond donors (Lipinski definition) is 1. The van der Waals surface area contributed by atoms with Gasteiger partial charge in [0.25, 0.3) is 0 Å². The van der Waals surface area contributed by atoms with E-state index in [1.54, 1.807) is 0 Å². The highest BCUT2D eigenvalue weighted by Gasteiger charge is 2.21. The van der Waals surface area contributed by atoms with Crippen LogP contribution < -0.4 is 5.32 Å². The predicted molar refractivity (Wildman–Crippen MR) is 69.3 cm³/mol. The van der Waals surface area contributed by atoms with Gasteiger partial charge in [0.05, 0.1) is 13.5 Å². The van der Waals surface area contributed by atoms with Crippen molar-refractivity contribution >= 4 is 40.2 Å². The lowest BCUT2D eigenvalue weighted by molar-refractivity contribution is -0.140. The normalized spacial score (nSPS) is 10.8. The summed E-state index contributed by atoms with van der Waals surface area (Å²) in [5, 5.41) is 2.61. The van der Waals surface area contributed by atoms with Crippen molar-refractivity contribution in [3.05, 3.63) is 0 Å². The largest absolute Gasteiger partial charge is 0.469 e. The standard InChI is InChI=1S/C10H17NO3S2/c1-10(2,3)8(13)11-9(15)16-6-5-7(12)14-4/h5-6H2,1-4H3,(H,11,13,15). The van der Waals surface area contributed by atoms with Gasteiger partial charge in [-0.2, -0.15) is 0 Å². The quantitative estimate of drug-likeness (QED) is 0.621. The molecule has 0 unspecified atom stereocenters. The van der Waals surface area contributed by atoms with Crippen LogP contribution in [0.1, 0.15) is 27.2 Å². The van der Waals surface area contributed by atoms with Gasteiger partial charge in [-0.1, -0.05) is 44.8 Å². The molecule has 0 spiro atoms. The van der Waals surface area contributed by atoms with Gasteiger partial charge in [0, 0.05) is 11.2 Å². The molecule has 16 heavy (non-hydrogen) atoms. The number of hydrogen-bond acceptors (Lipinski definition) is 5. The minimum absolute atomic E-state index is 0.122. The Kier molecular flexibility index (Phi) is 6.59. The number of rotatable bonds is 3. The monoisotopic (exact) mass is 263 g/mol. The molecule has 0 atom stereocenters. The molecular formula is C10H17NO3S2. The SMILES string of the molecule is COC(=O)CCSC(=S)NC(=O)C(C)(C)C. The fraction of sp³-hybridized carbons (Fsp3) is 0.700. The molecular weight excluding hydrogens is 246 g/mol. The first-order chi connectivity index (χ1) is 7.27. The van der Waals surface area contributed by atoms with Crippen LogP contribution in [0, 0.1) is 5.41 Å². The van der Waals surface area contributed by atoms with Crippen LogP contribution in [-0.2, 0) is 14.3 Å². The summed E-state index contributed by atoms with van der Waals surface area (Å²) in [4.78, 5) is 22.3. The zero-order valence-corrected chi connectivity index (χ0v) is 11.6. The summed E-state index contributed by atoms with van der Waals surface area (Å²) in [6.45, 7) is 5.43. The third-order valence-corrected chi connectivity index (χ3v) is 2.89. The van der Waals surface area contributed by atoms with E-state index in [9.17, 15) is 9.59 Å². The maximum atomic E-state index is 11.5. The summed E-state index contributed by atoms with van der Waals surface area (Å²) >= 11 is 6.23. The van der Waals surface area contributed by atoms with Crippen LogP contribution in [-0.4, -0.2) is 29.1 Å². The molecule has 0 heterocycles. The molecule has 4 nitrogen and oxygen atoms in total. The number of carbonyl (C=O) groups is 2. The molecule has 92 valence electrons. The smallest absolute Gasteiger partial charge is 0.306 e. The number of ether oxygens (including phenoxy) is 1. The number of methoxy groups -OCH3 is 1. The van der Waals surface area contributed by atoms with E-state index in [1.165, 1.54) is 18.9 Å². The lowest BCUT2D eigenvalue weighted by Crippen LogP contribution is -2.37. The van der Waals surface area contributed by atoms with Gasteiger partial charge in [0.15, 0.2) is 0 Å². The average molecular weight is 263 g/mol. The second-order valence-electron chi connectivity index (χ2n) is 4.17. The Morgan fingerprint density at radius 3 is 2.38 bits per heavy atom. The second-order valence-corrected chi connectivity index (χ2v) is 5.94. The highest BCUT2D eigenvalue weighted by Crippen LogP contribution is 2.14.